The van der Waals surface area contributed by atoms with Crippen LogP contribution in [-0.4, -0.2) is 33.5 Å². The lowest BCUT2D eigenvalue weighted by molar-refractivity contribution is -0.138. The van der Waals surface area contributed by atoms with E-state index in [0.717, 1.165) is 63.5 Å². The van der Waals surface area contributed by atoms with Crippen molar-refractivity contribution in [1.29, 1.82) is 0 Å². The van der Waals surface area contributed by atoms with E-state index < -0.39 is 0 Å². The van der Waals surface area contributed by atoms with Crippen LogP contribution in [0.4, 0.5) is 0 Å². The van der Waals surface area contributed by atoms with E-state index in [2.05, 4.69) is 59.1 Å². The molecule has 3 heteroatoms. The van der Waals surface area contributed by atoms with Crippen LogP contribution in [0.25, 0.3) is 21.9 Å². The number of nitrogens with zero attached hydrogens (tertiary/aromatic N) is 1. The first kappa shape index (κ1) is 22.4. The molecule has 0 radical (unpaired) electrons. The van der Waals surface area contributed by atoms with Gasteiger partial charge in [0.15, 0.2) is 0 Å². The summed E-state index contributed by atoms with van der Waals surface area (Å²) in [6.07, 6.45) is 17.9. The molecule has 4 saturated carbocycles. The smallest absolute Gasteiger partial charge is 0.135 e. The molecule has 0 amide bonds. The predicted molar refractivity (Wildman–Crippen MR) is 154 cm³/mol. The first-order valence-electron chi connectivity index (χ1n) is 15.7. The quantitative estimate of drug-likeness (QED) is 0.325. The molecule has 4 aliphatic carbocycles. The minimum atomic E-state index is 0.703. The largest absolute Gasteiger partial charge is 0.456 e. The summed E-state index contributed by atoms with van der Waals surface area (Å²) in [7, 11) is 0. The lowest BCUT2D eigenvalue weighted by Gasteiger charge is -2.67. The van der Waals surface area contributed by atoms with Crippen molar-refractivity contribution in [2.45, 2.75) is 112 Å². The molecule has 2 nitrogen and oxygen atoms in total. The highest BCUT2D eigenvalue weighted by Crippen LogP contribution is 2.61. The van der Waals surface area contributed by atoms with E-state index in [1.54, 1.807) is 24.8 Å². The molecular formula is C34H41NOS. The van der Waals surface area contributed by atoms with Crippen molar-refractivity contribution in [3.05, 3.63) is 48.0 Å². The molecule has 6 fully saturated rings. The lowest BCUT2D eigenvalue weighted by atomic mass is 9.53. The molecule has 0 N–H and O–H groups in total. The maximum atomic E-state index is 6.16. The molecule has 194 valence electrons. The third kappa shape index (κ3) is 3.29. The third-order valence-electron chi connectivity index (χ3n) is 12.2. The molecule has 9 rings (SSSR count). The normalized spacial score (nSPS) is 43.2. The Balaban J connectivity index is 1.05. The number of fused-ring (bicyclic) bond motifs is 7. The monoisotopic (exact) mass is 511 g/mol. The highest BCUT2D eigenvalue weighted by molar-refractivity contribution is 8.00. The summed E-state index contributed by atoms with van der Waals surface area (Å²) >= 11 is 2.47. The van der Waals surface area contributed by atoms with Crippen LogP contribution in [0.2, 0.25) is 0 Å². The Hall–Kier alpha value is -1.45. The van der Waals surface area contributed by atoms with Gasteiger partial charge in [-0.25, -0.2) is 0 Å². The number of furan rings is 1. The molecule has 37 heavy (non-hydrogen) atoms. The standard InChI is InChI=1S/C34H41NOS/c1-2-12-29-23(8-1)26-18-21(15-17-30(26)36-29)22-14-16-27-32(19-22)37-31-13-5-10-25-24-9-3-6-20-7-4-11-28(33(20)24)35(27)34(25)31/h1-2,8,12,15,17-18,20,22,24-25,27-28,31-34H,3-7,9-11,13-14,16,19H2. The van der Waals surface area contributed by atoms with Crippen molar-refractivity contribution in [1.82, 2.24) is 4.90 Å². The average Bonchev–Trinajstić information content (AvgIpc) is 3.32. The van der Waals surface area contributed by atoms with Gasteiger partial charge >= 0.3 is 0 Å². The van der Waals surface area contributed by atoms with Gasteiger partial charge < -0.3 is 4.42 Å². The summed E-state index contributed by atoms with van der Waals surface area (Å²) in [5.74, 6) is 4.89. The van der Waals surface area contributed by atoms with E-state index >= 15 is 0 Å². The number of piperidine rings is 1. The predicted octanol–water partition coefficient (Wildman–Crippen LogP) is 8.78. The molecule has 6 aliphatic rings. The minimum absolute atomic E-state index is 0.703. The molecular weight excluding hydrogens is 470 g/mol. The number of hydrogen-bond donors (Lipinski definition) is 0. The summed E-state index contributed by atoms with van der Waals surface area (Å²) in [5, 5.41) is 4.33. The fourth-order valence-electron chi connectivity index (χ4n) is 10.9. The second-order valence-electron chi connectivity index (χ2n) is 13.6. The van der Waals surface area contributed by atoms with Gasteiger partial charge in [-0.05, 0) is 98.3 Å². The van der Waals surface area contributed by atoms with Gasteiger partial charge in [-0.1, -0.05) is 56.4 Å². The van der Waals surface area contributed by atoms with Gasteiger partial charge in [0.2, 0.25) is 0 Å². The van der Waals surface area contributed by atoms with Gasteiger partial charge in [0.05, 0.1) is 0 Å². The van der Waals surface area contributed by atoms with E-state index in [0.29, 0.717) is 5.92 Å². The van der Waals surface area contributed by atoms with Crippen LogP contribution in [0.5, 0.6) is 0 Å². The Kier molecular flexibility index (Phi) is 5.15. The van der Waals surface area contributed by atoms with Crippen LogP contribution in [0.1, 0.15) is 88.5 Å². The average molecular weight is 512 g/mol. The zero-order valence-electron chi connectivity index (χ0n) is 22.1. The second kappa shape index (κ2) is 8.52. The van der Waals surface area contributed by atoms with Gasteiger partial charge in [-0.2, -0.15) is 11.8 Å². The Morgan fingerprint density at radius 3 is 2.51 bits per heavy atom. The zero-order chi connectivity index (χ0) is 24.1. The highest BCUT2D eigenvalue weighted by Gasteiger charge is 2.60. The Labute approximate surface area is 225 Å². The molecule has 1 aromatic heterocycles. The van der Waals surface area contributed by atoms with E-state index in [1.165, 1.54) is 68.6 Å². The molecule has 3 aromatic rings. The minimum Gasteiger partial charge on any atom is -0.456 e. The first-order valence-corrected chi connectivity index (χ1v) is 16.6. The molecule has 3 heterocycles. The van der Waals surface area contributed by atoms with Crippen LogP contribution in [0.15, 0.2) is 46.9 Å². The van der Waals surface area contributed by atoms with Gasteiger partial charge in [0.1, 0.15) is 11.2 Å². The van der Waals surface area contributed by atoms with Crippen LogP contribution < -0.4 is 0 Å². The van der Waals surface area contributed by atoms with E-state index in [-0.39, 0.29) is 0 Å². The fraction of sp³-hybridized carbons (Fsp3) is 0.647. The number of benzene rings is 2. The summed E-state index contributed by atoms with van der Waals surface area (Å²) in [5.41, 5.74) is 3.63. The number of rotatable bonds is 1. The second-order valence-corrected chi connectivity index (χ2v) is 15.1. The van der Waals surface area contributed by atoms with Crippen molar-refractivity contribution in [3.8, 4) is 0 Å². The third-order valence-corrected chi connectivity index (χ3v) is 13.9. The molecule has 0 spiro atoms. The van der Waals surface area contributed by atoms with Crippen molar-refractivity contribution < 1.29 is 4.42 Å². The van der Waals surface area contributed by atoms with E-state index in [9.17, 15) is 0 Å². The van der Waals surface area contributed by atoms with E-state index in [4.69, 9.17) is 4.42 Å². The topological polar surface area (TPSA) is 16.4 Å². The summed E-state index contributed by atoms with van der Waals surface area (Å²) in [4.78, 5) is 3.29. The van der Waals surface area contributed by atoms with Gasteiger partial charge in [0.25, 0.3) is 0 Å². The molecule has 0 bridgehead atoms. The van der Waals surface area contributed by atoms with Gasteiger partial charge in [-0.3, -0.25) is 4.90 Å². The number of hydrogen-bond acceptors (Lipinski definition) is 3. The van der Waals surface area contributed by atoms with Crippen molar-refractivity contribution in [2.75, 3.05) is 0 Å². The van der Waals surface area contributed by atoms with Gasteiger partial charge in [0, 0.05) is 39.4 Å². The zero-order valence-corrected chi connectivity index (χ0v) is 22.9. The van der Waals surface area contributed by atoms with Crippen LogP contribution in [-0.2, 0) is 0 Å². The van der Waals surface area contributed by atoms with Crippen LogP contribution >= 0.6 is 11.8 Å². The molecule has 2 aromatic carbocycles. The summed E-state index contributed by atoms with van der Waals surface area (Å²) in [6.45, 7) is 0. The highest BCUT2D eigenvalue weighted by atomic mass is 32.2. The molecule has 2 aliphatic heterocycles. The fourth-order valence-corrected chi connectivity index (χ4v) is 13.0. The van der Waals surface area contributed by atoms with Crippen molar-refractivity contribution >= 4 is 33.7 Å². The molecule has 2 saturated heterocycles. The van der Waals surface area contributed by atoms with Crippen LogP contribution in [0.3, 0.4) is 0 Å². The summed E-state index contributed by atoms with van der Waals surface area (Å²) < 4.78 is 6.16. The summed E-state index contributed by atoms with van der Waals surface area (Å²) in [6, 6.07) is 18.4. The van der Waals surface area contributed by atoms with Gasteiger partial charge in [-0.15, -0.1) is 0 Å². The number of para-hydroxylation sites is 1. The van der Waals surface area contributed by atoms with Crippen LogP contribution in [0, 0.1) is 23.7 Å². The first-order chi connectivity index (χ1) is 18.3. The van der Waals surface area contributed by atoms with Crippen molar-refractivity contribution in [2.24, 2.45) is 23.7 Å². The Morgan fingerprint density at radius 2 is 1.54 bits per heavy atom. The maximum absolute atomic E-state index is 6.16. The maximum Gasteiger partial charge on any atom is 0.135 e. The lowest BCUT2D eigenvalue weighted by Crippen LogP contribution is -2.72. The Morgan fingerprint density at radius 1 is 0.703 bits per heavy atom. The van der Waals surface area contributed by atoms with Crippen molar-refractivity contribution in [3.63, 3.8) is 0 Å². The van der Waals surface area contributed by atoms with E-state index in [1.807, 2.05) is 0 Å². The molecule has 10 atom stereocenters. The Bertz CT molecular complexity index is 1330. The molecule has 10 unspecified atom stereocenters. The SMILES string of the molecule is c1ccc2c(c1)oc1ccc(C3CCC4C(C3)SC3CCCC5C6CCCC7CCCC(C76)N4C35)cc12. The number of thioether (sulfide) groups is 1.